The SMILES string of the molecule is COc1cc[c]cc1NC(=O)Cc1ccccc1. The van der Waals surface area contributed by atoms with Crippen molar-refractivity contribution < 1.29 is 9.53 Å². The number of carbonyl (C=O) groups excluding carboxylic acids is 1. The van der Waals surface area contributed by atoms with E-state index in [1.54, 1.807) is 25.3 Å². The Bertz CT molecular complexity index is 523. The van der Waals surface area contributed by atoms with Crippen molar-refractivity contribution in [3.05, 3.63) is 60.2 Å². The molecule has 3 heteroatoms. The molecule has 0 bridgehead atoms. The molecule has 91 valence electrons. The second-order valence-electron chi connectivity index (χ2n) is 3.84. The highest BCUT2D eigenvalue weighted by atomic mass is 16.5. The lowest BCUT2D eigenvalue weighted by molar-refractivity contribution is -0.115. The molecule has 0 saturated carbocycles. The summed E-state index contributed by atoms with van der Waals surface area (Å²) in [5.74, 6) is 0.564. The van der Waals surface area contributed by atoms with E-state index in [4.69, 9.17) is 4.74 Å². The number of carbonyl (C=O) groups is 1. The summed E-state index contributed by atoms with van der Waals surface area (Å²) in [6.45, 7) is 0. The Balaban J connectivity index is 2.03. The molecule has 3 nitrogen and oxygen atoms in total. The van der Waals surface area contributed by atoms with Crippen molar-refractivity contribution in [1.82, 2.24) is 0 Å². The highest BCUT2D eigenvalue weighted by Crippen LogP contribution is 2.22. The van der Waals surface area contributed by atoms with E-state index in [1.165, 1.54) is 0 Å². The maximum absolute atomic E-state index is 11.9. The highest BCUT2D eigenvalue weighted by molar-refractivity contribution is 5.93. The van der Waals surface area contributed by atoms with Crippen LogP contribution in [0.2, 0.25) is 0 Å². The molecule has 2 rings (SSSR count). The van der Waals surface area contributed by atoms with E-state index in [2.05, 4.69) is 11.4 Å². The Kier molecular flexibility index (Phi) is 3.97. The molecule has 1 N–H and O–H groups in total. The number of methoxy groups -OCH3 is 1. The number of hydrogen-bond acceptors (Lipinski definition) is 2. The Hall–Kier alpha value is -2.29. The zero-order valence-corrected chi connectivity index (χ0v) is 10.1. The predicted molar refractivity (Wildman–Crippen MR) is 70.6 cm³/mol. The average Bonchev–Trinajstić information content (AvgIpc) is 2.40. The van der Waals surface area contributed by atoms with Gasteiger partial charge in [0.15, 0.2) is 0 Å². The average molecular weight is 240 g/mol. The Morgan fingerprint density at radius 3 is 2.78 bits per heavy atom. The van der Waals surface area contributed by atoms with Crippen LogP contribution in [0.3, 0.4) is 0 Å². The van der Waals surface area contributed by atoms with Gasteiger partial charge in [0.05, 0.1) is 19.2 Å². The summed E-state index contributed by atoms with van der Waals surface area (Å²) in [5, 5.41) is 2.81. The van der Waals surface area contributed by atoms with Gasteiger partial charge in [0.2, 0.25) is 5.91 Å². The number of amides is 1. The third-order valence-corrected chi connectivity index (χ3v) is 2.53. The van der Waals surface area contributed by atoms with Crippen molar-refractivity contribution >= 4 is 11.6 Å². The zero-order chi connectivity index (χ0) is 12.8. The molecule has 0 atom stereocenters. The van der Waals surface area contributed by atoms with E-state index in [0.29, 0.717) is 17.9 Å². The lowest BCUT2D eigenvalue weighted by Gasteiger charge is -2.09. The first-order valence-electron chi connectivity index (χ1n) is 5.67. The molecule has 0 aliphatic rings. The first-order chi connectivity index (χ1) is 8.79. The van der Waals surface area contributed by atoms with E-state index in [9.17, 15) is 4.79 Å². The van der Waals surface area contributed by atoms with Crippen LogP contribution in [-0.4, -0.2) is 13.0 Å². The fourth-order valence-electron chi connectivity index (χ4n) is 1.67. The maximum Gasteiger partial charge on any atom is 0.228 e. The van der Waals surface area contributed by atoms with Gasteiger partial charge in [-0.15, -0.1) is 0 Å². The zero-order valence-electron chi connectivity index (χ0n) is 10.1. The molecule has 0 saturated heterocycles. The molecular formula is C15H14NO2. The number of anilines is 1. The van der Waals surface area contributed by atoms with Crippen LogP contribution in [0.1, 0.15) is 5.56 Å². The van der Waals surface area contributed by atoms with Gasteiger partial charge in [-0.25, -0.2) is 0 Å². The van der Waals surface area contributed by atoms with E-state index >= 15 is 0 Å². The molecule has 2 aromatic rings. The first-order valence-corrected chi connectivity index (χ1v) is 5.67. The van der Waals surface area contributed by atoms with Crippen molar-refractivity contribution in [2.24, 2.45) is 0 Å². The summed E-state index contributed by atoms with van der Waals surface area (Å²) < 4.78 is 5.16. The van der Waals surface area contributed by atoms with Gasteiger partial charge in [0.1, 0.15) is 5.75 Å². The largest absolute Gasteiger partial charge is 0.495 e. The van der Waals surface area contributed by atoms with Crippen molar-refractivity contribution in [2.75, 3.05) is 12.4 Å². The van der Waals surface area contributed by atoms with Crippen LogP contribution in [-0.2, 0) is 11.2 Å². The minimum absolute atomic E-state index is 0.0703. The summed E-state index contributed by atoms with van der Waals surface area (Å²) in [4.78, 5) is 11.9. The second-order valence-corrected chi connectivity index (χ2v) is 3.84. The molecule has 1 amide bonds. The third-order valence-electron chi connectivity index (χ3n) is 2.53. The molecule has 0 aromatic heterocycles. The topological polar surface area (TPSA) is 38.3 Å². The van der Waals surface area contributed by atoms with E-state index in [-0.39, 0.29) is 5.91 Å². The van der Waals surface area contributed by atoms with Crippen LogP contribution in [0.25, 0.3) is 0 Å². The normalized spacial score (nSPS) is 9.83. The van der Waals surface area contributed by atoms with Crippen LogP contribution in [0.15, 0.2) is 48.5 Å². The summed E-state index contributed by atoms with van der Waals surface area (Å²) in [6, 6.07) is 17.7. The minimum Gasteiger partial charge on any atom is -0.495 e. The molecule has 0 spiro atoms. The van der Waals surface area contributed by atoms with Crippen molar-refractivity contribution in [3.63, 3.8) is 0 Å². The van der Waals surface area contributed by atoms with Crippen LogP contribution in [0.5, 0.6) is 5.75 Å². The minimum atomic E-state index is -0.0703. The van der Waals surface area contributed by atoms with Crippen molar-refractivity contribution in [2.45, 2.75) is 6.42 Å². The molecule has 18 heavy (non-hydrogen) atoms. The van der Waals surface area contributed by atoms with Crippen molar-refractivity contribution in [1.29, 1.82) is 0 Å². The number of hydrogen-bond donors (Lipinski definition) is 1. The van der Waals surface area contributed by atoms with Gasteiger partial charge >= 0.3 is 0 Å². The van der Waals surface area contributed by atoms with Crippen LogP contribution in [0.4, 0.5) is 5.69 Å². The van der Waals surface area contributed by atoms with Gasteiger partial charge in [0, 0.05) is 0 Å². The monoisotopic (exact) mass is 240 g/mol. The number of ether oxygens (including phenoxy) is 1. The van der Waals surface area contributed by atoms with E-state index in [0.717, 1.165) is 5.56 Å². The van der Waals surface area contributed by atoms with E-state index in [1.807, 2.05) is 30.3 Å². The number of rotatable bonds is 4. The third kappa shape index (κ3) is 3.10. The molecule has 0 heterocycles. The van der Waals surface area contributed by atoms with Gasteiger partial charge < -0.3 is 10.1 Å². The van der Waals surface area contributed by atoms with Gasteiger partial charge in [-0.05, 0) is 23.8 Å². The highest BCUT2D eigenvalue weighted by Gasteiger charge is 2.07. The number of nitrogens with one attached hydrogen (secondary N) is 1. The molecule has 0 aliphatic carbocycles. The predicted octanol–water partition coefficient (Wildman–Crippen LogP) is 2.68. The Morgan fingerprint density at radius 1 is 1.28 bits per heavy atom. The molecule has 0 unspecified atom stereocenters. The lowest BCUT2D eigenvalue weighted by Crippen LogP contribution is -2.14. The first kappa shape index (κ1) is 12.2. The standard InChI is InChI=1S/C15H14NO2/c1-18-14-10-6-5-9-13(14)16-15(17)11-12-7-3-2-4-8-12/h2-4,6-10H,11H2,1H3,(H,16,17). The lowest BCUT2D eigenvalue weighted by atomic mass is 10.1. The van der Waals surface area contributed by atoms with Crippen LogP contribution in [0, 0.1) is 6.07 Å². The van der Waals surface area contributed by atoms with Gasteiger partial charge in [-0.1, -0.05) is 36.4 Å². The molecule has 2 aromatic carbocycles. The quantitative estimate of drug-likeness (QED) is 0.892. The summed E-state index contributed by atoms with van der Waals surface area (Å²) in [6.07, 6.45) is 0.346. The Morgan fingerprint density at radius 2 is 2.06 bits per heavy atom. The van der Waals surface area contributed by atoms with Gasteiger partial charge in [0.25, 0.3) is 0 Å². The summed E-state index contributed by atoms with van der Waals surface area (Å²) in [7, 11) is 1.57. The second kappa shape index (κ2) is 5.87. The molecule has 0 fully saturated rings. The van der Waals surface area contributed by atoms with E-state index < -0.39 is 0 Å². The molecular weight excluding hydrogens is 226 g/mol. The van der Waals surface area contributed by atoms with Crippen molar-refractivity contribution in [3.8, 4) is 5.75 Å². The van der Waals surface area contributed by atoms with Gasteiger partial charge in [-0.2, -0.15) is 0 Å². The molecule has 1 radical (unpaired) electrons. The van der Waals surface area contributed by atoms with Gasteiger partial charge in [-0.3, -0.25) is 4.79 Å². The maximum atomic E-state index is 11.9. The summed E-state index contributed by atoms with van der Waals surface area (Å²) in [5.41, 5.74) is 1.62. The number of benzene rings is 2. The fraction of sp³-hybridized carbons (Fsp3) is 0.133. The molecule has 0 aliphatic heterocycles. The van der Waals surface area contributed by atoms with Crippen LogP contribution < -0.4 is 10.1 Å². The van der Waals surface area contributed by atoms with Crippen LogP contribution >= 0.6 is 0 Å². The Labute approximate surface area is 106 Å². The summed E-state index contributed by atoms with van der Waals surface area (Å²) >= 11 is 0. The smallest absolute Gasteiger partial charge is 0.228 e. The fourth-order valence-corrected chi connectivity index (χ4v) is 1.67.